The first-order chi connectivity index (χ1) is 17.8. The minimum Gasteiger partial charge on any atom is -0.507 e. The Bertz CT molecular complexity index is 1620. The number of aliphatic hydroxyl groups is 1. The molecule has 2 aliphatic rings. The van der Waals surface area contributed by atoms with Crippen molar-refractivity contribution in [1.82, 2.24) is 4.98 Å². The zero-order chi connectivity index (χ0) is 25.8. The minimum atomic E-state index is -0.875. The number of carbonyl (C=O) groups excluding carboxylic acids is 2. The molecule has 186 valence electrons. The van der Waals surface area contributed by atoms with E-state index in [9.17, 15) is 14.7 Å². The molecule has 1 saturated heterocycles. The molecule has 37 heavy (non-hydrogen) atoms. The van der Waals surface area contributed by atoms with E-state index in [0.717, 1.165) is 27.1 Å². The molecule has 6 rings (SSSR count). The number of nitrogens with zero attached hydrogens (tertiary/aromatic N) is 2. The second-order valence-electron chi connectivity index (χ2n) is 9.37. The number of rotatable bonds is 4. The van der Waals surface area contributed by atoms with E-state index in [0.29, 0.717) is 28.4 Å². The fourth-order valence-electron chi connectivity index (χ4n) is 5.00. The summed E-state index contributed by atoms with van der Waals surface area (Å²) in [6.45, 7) is 3.97. The van der Waals surface area contributed by atoms with Crippen LogP contribution in [0.3, 0.4) is 0 Å². The van der Waals surface area contributed by atoms with Crippen LogP contribution in [0.5, 0.6) is 11.5 Å². The maximum Gasteiger partial charge on any atom is 0.301 e. The van der Waals surface area contributed by atoms with Crippen LogP contribution < -0.4 is 14.4 Å². The zero-order valence-electron chi connectivity index (χ0n) is 20.5. The van der Waals surface area contributed by atoms with E-state index in [1.54, 1.807) is 37.4 Å². The van der Waals surface area contributed by atoms with E-state index in [-0.39, 0.29) is 17.4 Å². The van der Waals surface area contributed by atoms with Crippen LogP contribution in [-0.4, -0.2) is 35.0 Å². The number of anilines is 1. The fourth-order valence-corrected chi connectivity index (χ4v) is 6.09. The van der Waals surface area contributed by atoms with Gasteiger partial charge in [0.2, 0.25) is 0 Å². The molecule has 1 amide bonds. The molecule has 3 aromatic carbocycles. The third kappa shape index (κ3) is 3.84. The van der Waals surface area contributed by atoms with Gasteiger partial charge in [-0.3, -0.25) is 14.5 Å². The van der Waals surface area contributed by atoms with Gasteiger partial charge in [0.25, 0.3) is 5.78 Å². The number of benzene rings is 3. The van der Waals surface area contributed by atoms with Crippen molar-refractivity contribution in [2.75, 3.05) is 12.0 Å². The topological polar surface area (TPSA) is 89.0 Å². The van der Waals surface area contributed by atoms with Gasteiger partial charge in [0.15, 0.2) is 5.13 Å². The summed E-state index contributed by atoms with van der Waals surface area (Å²) < 4.78 is 12.1. The number of ketones is 1. The van der Waals surface area contributed by atoms with Gasteiger partial charge in [-0.05, 0) is 73.0 Å². The van der Waals surface area contributed by atoms with Crippen LogP contribution in [0.15, 0.2) is 66.2 Å². The lowest BCUT2D eigenvalue weighted by Crippen LogP contribution is -2.29. The van der Waals surface area contributed by atoms with Gasteiger partial charge in [-0.15, -0.1) is 0 Å². The molecule has 1 N–H and O–H groups in total. The average molecular weight is 513 g/mol. The third-order valence-corrected chi connectivity index (χ3v) is 7.78. The Kier molecular flexibility index (Phi) is 5.49. The highest BCUT2D eigenvalue weighted by Gasteiger charge is 2.48. The predicted octanol–water partition coefficient (Wildman–Crippen LogP) is 5.56. The number of Topliss-reactive ketones (excluding diaryl/α,β-unsaturated/α-hetero) is 1. The van der Waals surface area contributed by atoms with Crippen LogP contribution in [0.25, 0.3) is 16.0 Å². The van der Waals surface area contributed by atoms with Crippen molar-refractivity contribution in [2.24, 2.45) is 0 Å². The van der Waals surface area contributed by atoms with E-state index in [1.165, 1.54) is 16.2 Å². The van der Waals surface area contributed by atoms with Gasteiger partial charge in [-0.1, -0.05) is 29.5 Å². The number of hydrogen-bond donors (Lipinski definition) is 1. The second-order valence-corrected chi connectivity index (χ2v) is 10.4. The number of methoxy groups -OCH3 is 1. The summed E-state index contributed by atoms with van der Waals surface area (Å²) in [4.78, 5) is 33.1. The normalized spacial score (nSPS) is 20.4. The maximum absolute atomic E-state index is 13.5. The number of aromatic nitrogens is 1. The van der Waals surface area contributed by atoms with Crippen molar-refractivity contribution < 1.29 is 24.2 Å². The highest BCUT2D eigenvalue weighted by molar-refractivity contribution is 7.22. The lowest BCUT2D eigenvalue weighted by atomic mass is 9.94. The Morgan fingerprint density at radius 3 is 2.78 bits per heavy atom. The summed E-state index contributed by atoms with van der Waals surface area (Å²) in [5.41, 5.74) is 3.87. The standard InChI is InChI=1S/C29H24N2O5S/c1-15-7-9-21-23(11-15)37-29(30-21)31-25(17-5-4-6-20(14-17)35-3)24(27(33)28(31)34)26(32)18-8-10-22-19(13-18)12-16(2)36-22/h4-11,13-14,16,25,32H,12H2,1-3H3. The number of aryl methyl sites for hydroxylation is 1. The largest absolute Gasteiger partial charge is 0.507 e. The van der Waals surface area contributed by atoms with Gasteiger partial charge in [-0.2, -0.15) is 0 Å². The minimum absolute atomic E-state index is 0.0144. The monoisotopic (exact) mass is 512 g/mol. The SMILES string of the molecule is COc1cccc(C2C(=C(O)c3ccc4c(c3)CC(C)O4)C(=O)C(=O)N2c2nc3ccc(C)cc3s2)c1. The Labute approximate surface area is 217 Å². The van der Waals surface area contributed by atoms with Gasteiger partial charge in [0, 0.05) is 12.0 Å². The van der Waals surface area contributed by atoms with Crippen molar-refractivity contribution >= 4 is 44.1 Å². The highest BCUT2D eigenvalue weighted by Crippen LogP contribution is 2.45. The van der Waals surface area contributed by atoms with Gasteiger partial charge in [-0.25, -0.2) is 4.98 Å². The molecule has 0 saturated carbocycles. The van der Waals surface area contributed by atoms with Crippen molar-refractivity contribution in [3.05, 3.63) is 88.5 Å². The van der Waals surface area contributed by atoms with Crippen LogP contribution >= 0.6 is 11.3 Å². The van der Waals surface area contributed by atoms with E-state index >= 15 is 0 Å². The lowest BCUT2D eigenvalue weighted by Gasteiger charge is -2.23. The molecular formula is C29H24N2O5S. The summed E-state index contributed by atoms with van der Waals surface area (Å²) in [6.07, 6.45) is 0.743. The average Bonchev–Trinajstić information content (AvgIpc) is 3.55. The van der Waals surface area contributed by atoms with E-state index in [4.69, 9.17) is 9.47 Å². The van der Waals surface area contributed by atoms with Gasteiger partial charge >= 0.3 is 5.91 Å². The van der Waals surface area contributed by atoms with Gasteiger partial charge in [0.1, 0.15) is 23.4 Å². The second kappa shape index (κ2) is 8.74. The fraction of sp³-hybridized carbons (Fsp3) is 0.207. The van der Waals surface area contributed by atoms with Crippen LogP contribution in [0.1, 0.15) is 35.2 Å². The Morgan fingerprint density at radius 1 is 1.14 bits per heavy atom. The number of hydrogen-bond acceptors (Lipinski definition) is 7. The quantitative estimate of drug-likeness (QED) is 0.219. The van der Waals surface area contributed by atoms with Crippen molar-refractivity contribution in [2.45, 2.75) is 32.4 Å². The molecule has 1 fully saturated rings. The molecule has 0 spiro atoms. The summed E-state index contributed by atoms with van der Waals surface area (Å²) in [5, 5.41) is 11.9. The molecule has 0 bridgehead atoms. The number of thiazole rings is 1. The van der Waals surface area contributed by atoms with E-state index in [1.807, 2.05) is 44.2 Å². The Hall–Kier alpha value is -4.17. The molecule has 8 heteroatoms. The van der Waals surface area contributed by atoms with Crippen LogP contribution in [0.2, 0.25) is 0 Å². The first-order valence-electron chi connectivity index (χ1n) is 12.0. The zero-order valence-corrected chi connectivity index (χ0v) is 21.3. The van der Waals surface area contributed by atoms with Crippen LogP contribution in [0, 0.1) is 6.92 Å². The molecule has 4 aromatic rings. The van der Waals surface area contributed by atoms with Crippen molar-refractivity contribution in [3.63, 3.8) is 0 Å². The molecule has 1 aromatic heterocycles. The Balaban J connectivity index is 1.54. The Morgan fingerprint density at radius 2 is 1.97 bits per heavy atom. The summed E-state index contributed by atoms with van der Waals surface area (Å²) in [7, 11) is 1.56. The predicted molar refractivity (Wildman–Crippen MR) is 142 cm³/mol. The third-order valence-electron chi connectivity index (χ3n) is 6.76. The van der Waals surface area contributed by atoms with E-state index < -0.39 is 17.7 Å². The first kappa shape index (κ1) is 23.2. The molecule has 2 unspecified atom stereocenters. The number of amides is 1. The number of ether oxygens (including phenoxy) is 2. The lowest BCUT2D eigenvalue weighted by molar-refractivity contribution is -0.132. The first-order valence-corrected chi connectivity index (χ1v) is 12.8. The molecule has 3 heterocycles. The number of fused-ring (bicyclic) bond motifs is 2. The summed E-state index contributed by atoms with van der Waals surface area (Å²) >= 11 is 1.34. The highest BCUT2D eigenvalue weighted by atomic mass is 32.1. The molecule has 7 nitrogen and oxygen atoms in total. The molecule has 0 aliphatic carbocycles. The number of carbonyl (C=O) groups is 2. The van der Waals surface area contributed by atoms with Crippen molar-refractivity contribution in [3.8, 4) is 11.5 Å². The van der Waals surface area contributed by atoms with Crippen LogP contribution in [-0.2, 0) is 16.0 Å². The van der Waals surface area contributed by atoms with Gasteiger partial charge < -0.3 is 14.6 Å². The van der Waals surface area contributed by atoms with Gasteiger partial charge in [0.05, 0.1) is 28.9 Å². The smallest absolute Gasteiger partial charge is 0.301 e. The summed E-state index contributed by atoms with van der Waals surface area (Å²) in [5.74, 6) is -0.382. The van der Waals surface area contributed by atoms with Crippen molar-refractivity contribution in [1.29, 1.82) is 0 Å². The van der Waals surface area contributed by atoms with E-state index in [2.05, 4.69) is 4.98 Å². The molecule has 2 atom stereocenters. The molecular weight excluding hydrogens is 488 g/mol. The maximum atomic E-state index is 13.5. The molecule has 0 radical (unpaired) electrons. The number of aliphatic hydroxyl groups excluding tert-OH is 1. The summed E-state index contributed by atoms with van der Waals surface area (Å²) in [6, 6.07) is 17.5. The van der Waals surface area contributed by atoms with Crippen LogP contribution in [0.4, 0.5) is 5.13 Å². The molecule has 2 aliphatic heterocycles.